The molecule has 0 radical (unpaired) electrons. The second kappa shape index (κ2) is 9.34. The Bertz CT molecular complexity index is 1010. The molecule has 0 aromatic heterocycles. The van der Waals surface area contributed by atoms with Gasteiger partial charge in [0.2, 0.25) is 5.91 Å². The summed E-state index contributed by atoms with van der Waals surface area (Å²) in [6, 6.07) is 22.7. The van der Waals surface area contributed by atoms with Gasteiger partial charge >= 0.3 is 0 Å². The maximum absolute atomic E-state index is 12.7. The molecule has 30 heavy (non-hydrogen) atoms. The van der Waals surface area contributed by atoms with Crippen molar-refractivity contribution in [2.45, 2.75) is 32.8 Å². The highest BCUT2D eigenvalue weighted by molar-refractivity contribution is 9.10. The molecular weight excluding hydrogens is 462 g/mol. The number of para-hydroxylation sites is 1. The SMILES string of the molecule is CC(C)(C)C(=O)Nc1ccccc1[C@@H](c1ccc(Br)cc1)[C@H](O)c1ccc(Cl)cc1. The molecule has 2 atom stereocenters. The Morgan fingerprint density at radius 2 is 1.50 bits per heavy atom. The van der Waals surface area contributed by atoms with Crippen molar-refractivity contribution >= 4 is 39.1 Å². The number of aliphatic hydroxyl groups is 1. The Kier molecular flexibility index (Phi) is 7.02. The maximum atomic E-state index is 12.7. The average molecular weight is 487 g/mol. The first-order valence-electron chi connectivity index (χ1n) is 9.76. The van der Waals surface area contributed by atoms with Gasteiger partial charge in [0.1, 0.15) is 0 Å². The zero-order chi connectivity index (χ0) is 21.9. The molecule has 0 spiro atoms. The summed E-state index contributed by atoms with van der Waals surface area (Å²) >= 11 is 9.51. The van der Waals surface area contributed by atoms with Crippen LogP contribution < -0.4 is 5.32 Å². The largest absolute Gasteiger partial charge is 0.387 e. The zero-order valence-corrected chi connectivity index (χ0v) is 19.5. The van der Waals surface area contributed by atoms with Crippen LogP contribution >= 0.6 is 27.5 Å². The highest BCUT2D eigenvalue weighted by Gasteiger charge is 2.29. The summed E-state index contributed by atoms with van der Waals surface area (Å²) < 4.78 is 0.959. The third kappa shape index (κ3) is 5.31. The summed E-state index contributed by atoms with van der Waals surface area (Å²) in [6.07, 6.45) is -0.823. The van der Waals surface area contributed by atoms with Crippen LogP contribution in [0.15, 0.2) is 77.3 Å². The summed E-state index contributed by atoms with van der Waals surface area (Å²) in [7, 11) is 0. The number of halogens is 2. The van der Waals surface area contributed by atoms with Crippen molar-refractivity contribution in [1.82, 2.24) is 0 Å². The van der Waals surface area contributed by atoms with Crippen LogP contribution in [0.3, 0.4) is 0 Å². The van der Waals surface area contributed by atoms with E-state index in [9.17, 15) is 9.90 Å². The normalized spacial score (nSPS) is 13.5. The minimum absolute atomic E-state index is 0.0783. The quantitative estimate of drug-likeness (QED) is 0.410. The number of benzene rings is 3. The smallest absolute Gasteiger partial charge is 0.229 e. The third-order valence-corrected chi connectivity index (χ3v) is 5.76. The fourth-order valence-electron chi connectivity index (χ4n) is 3.25. The molecule has 1 amide bonds. The molecule has 0 heterocycles. The monoisotopic (exact) mass is 485 g/mol. The Labute approximate surface area is 191 Å². The summed E-state index contributed by atoms with van der Waals surface area (Å²) in [6.45, 7) is 5.62. The van der Waals surface area contributed by atoms with Crippen LogP contribution in [-0.2, 0) is 4.79 Å². The van der Waals surface area contributed by atoms with Crippen LogP contribution in [0, 0.1) is 5.41 Å². The van der Waals surface area contributed by atoms with Crippen molar-refractivity contribution in [3.63, 3.8) is 0 Å². The second-order valence-electron chi connectivity index (χ2n) is 8.32. The summed E-state index contributed by atoms with van der Waals surface area (Å²) in [5, 5.41) is 15.1. The number of anilines is 1. The van der Waals surface area contributed by atoms with Gasteiger partial charge in [0.15, 0.2) is 0 Å². The van der Waals surface area contributed by atoms with Crippen molar-refractivity contribution < 1.29 is 9.90 Å². The number of hydrogen-bond acceptors (Lipinski definition) is 2. The Morgan fingerprint density at radius 3 is 2.10 bits per heavy atom. The lowest BCUT2D eigenvalue weighted by atomic mass is 9.82. The van der Waals surface area contributed by atoms with E-state index in [1.165, 1.54) is 0 Å². The lowest BCUT2D eigenvalue weighted by molar-refractivity contribution is -0.123. The van der Waals surface area contributed by atoms with E-state index >= 15 is 0 Å². The second-order valence-corrected chi connectivity index (χ2v) is 9.67. The first kappa shape index (κ1) is 22.5. The van der Waals surface area contributed by atoms with E-state index in [1.54, 1.807) is 12.1 Å². The van der Waals surface area contributed by atoms with Crippen LogP contribution in [0.4, 0.5) is 5.69 Å². The molecule has 2 N–H and O–H groups in total. The number of aliphatic hydroxyl groups excluding tert-OH is 1. The molecule has 0 aliphatic heterocycles. The van der Waals surface area contributed by atoms with Crippen LogP contribution in [0.2, 0.25) is 5.02 Å². The predicted molar refractivity (Wildman–Crippen MR) is 127 cm³/mol. The van der Waals surface area contributed by atoms with Gasteiger partial charge in [-0.3, -0.25) is 4.79 Å². The summed E-state index contributed by atoms with van der Waals surface area (Å²) in [5.41, 5.74) is 2.70. The molecule has 3 nitrogen and oxygen atoms in total. The Balaban J connectivity index is 2.10. The highest BCUT2D eigenvalue weighted by atomic mass is 79.9. The molecule has 0 fully saturated rings. The van der Waals surface area contributed by atoms with Crippen LogP contribution in [-0.4, -0.2) is 11.0 Å². The van der Waals surface area contributed by atoms with Crippen molar-refractivity contribution in [2.24, 2.45) is 5.41 Å². The molecule has 3 rings (SSSR count). The van der Waals surface area contributed by atoms with E-state index in [0.29, 0.717) is 10.7 Å². The van der Waals surface area contributed by atoms with Gasteiger partial charge in [-0.05, 0) is 47.0 Å². The predicted octanol–water partition coefficient (Wildman–Crippen LogP) is 6.95. The maximum Gasteiger partial charge on any atom is 0.229 e. The van der Waals surface area contributed by atoms with Crippen LogP contribution in [0.1, 0.15) is 49.5 Å². The van der Waals surface area contributed by atoms with Crippen molar-refractivity contribution in [3.8, 4) is 0 Å². The summed E-state index contributed by atoms with van der Waals surface area (Å²) in [4.78, 5) is 12.7. The Hall–Kier alpha value is -2.14. The highest BCUT2D eigenvalue weighted by Crippen LogP contribution is 2.41. The van der Waals surface area contributed by atoms with Gasteiger partial charge in [0, 0.05) is 26.5 Å². The van der Waals surface area contributed by atoms with E-state index in [2.05, 4.69) is 21.2 Å². The first-order valence-corrected chi connectivity index (χ1v) is 10.9. The van der Waals surface area contributed by atoms with Crippen molar-refractivity contribution in [1.29, 1.82) is 0 Å². The number of rotatable bonds is 5. The molecule has 0 aliphatic carbocycles. The molecule has 0 saturated heterocycles. The van der Waals surface area contributed by atoms with E-state index in [-0.39, 0.29) is 11.8 Å². The minimum Gasteiger partial charge on any atom is -0.387 e. The van der Waals surface area contributed by atoms with Crippen LogP contribution in [0.25, 0.3) is 0 Å². The molecule has 0 aliphatic rings. The number of amides is 1. The fraction of sp³-hybridized carbons (Fsp3) is 0.240. The van der Waals surface area contributed by atoms with Crippen LogP contribution in [0.5, 0.6) is 0 Å². The minimum atomic E-state index is -0.823. The molecular formula is C25H25BrClNO2. The Morgan fingerprint density at radius 1 is 0.933 bits per heavy atom. The lowest BCUT2D eigenvalue weighted by Crippen LogP contribution is -2.28. The number of carbonyl (C=O) groups is 1. The molecule has 3 aromatic rings. The summed E-state index contributed by atoms with van der Waals surface area (Å²) in [5.74, 6) is -0.457. The number of carbonyl (C=O) groups excluding carboxylic acids is 1. The lowest BCUT2D eigenvalue weighted by Gasteiger charge is -2.28. The standard InChI is InChI=1S/C25H25BrClNO2/c1-25(2,3)24(30)28-21-7-5-4-6-20(21)22(16-8-12-18(26)13-9-16)23(29)17-10-14-19(27)15-11-17/h4-15,22-23,29H,1-3H3,(H,28,30)/t22-,23-/m1/s1. The third-order valence-electron chi connectivity index (χ3n) is 4.98. The number of nitrogens with one attached hydrogen (secondary N) is 1. The first-order chi connectivity index (χ1) is 14.2. The van der Waals surface area contributed by atoms with Gasteiger partial charge in [0.05, 0.1) is 6.10 Å². The van der Waals surface area contributed by atoms with E-state index in [1.807, 2.05) is 81.4 Å². The van der Waals surface area contributed by atoms with E-state index in [0.717, 1.165) is 21.2 Å². The van der Waals surface area contributed by atoms with Gasteiger partial charge in [-0.25, -0.2) is 0 Å². The van der Waals surface area contributed by atoms with E-state index in [4.69, 9.17) is 11.6 Å². The van der Waals surface area contributed by atoms with Gasteiger partial charge in [-0.15, -0.1) is 0 Å². The van der Waals surface area contributed by atoms with Gasteiger partial charge in [0.25, 0.3) is 0 Å². The van der Waals surface area contributed by atoms with Crippen molar-refractivity contribution in [3.05, 3.63) is 99.0 Å². The zero-order valence-electron chi connectivity index (χ0n) is 17.2. The molecule has 0 saturated carbocycles. The molecule has 0 bridgehead atoms. The number of hydrogen-bond donors (Lipinski definition) is 2. The van der Waals surface area contributed by atoms with Gasteiger partial charge < -0.3 is 10.4 Å². The molecule has 5 heteroatoms. The van der Waals surface area contributed by atoms with Gasteiger partial charge in [-0.2, -0.15) is 0 Å². The fourth-order valence-corrected chi connectivity index (χ4v) is 3.64. The molecule has 156 valence electrons. The van der Waals surface area contributed by atoms with E-state index < -0.39 is 11.5 Å². The van der Waals surface area contributed by atoms with Crippen molar-refractivity contribution in [2.75, 3.05) is 5.32 Å². The topological polar surface area (TPSA) is 49.3 Å². The molecule has 3 aromatic carbocycles. The average Bonchev–Trinajstić information content (AvgIpc) is 2.70. The van der Waals surface area contributed by atoms with Gasteiger partial charge in [-0.1, -0.05) is 90.8 Å². The molecule has 0 unspecified atom stereocenters.